The number of aromatic nitrogens is 2. The lowest BCUT2D eigenvalue weighted by Gasteiger charge is -2.10. The maximum Gasteiger partial charge on any atom is 0.359 e. The Kier molecular flexibility index (Phi) is 7.00. The summed E-state index contributed by atoms with van der Waals surface area (Å²) in [4.78, 5) is 47.7. The van der Waals surface area contributed by atoms with E-state index in [9.17, 15) is 19.2 Å². The Morgan fingerprint density at radius 2 is 1.93 bits per heavy atom. The number of rotatable bonds is 7. The van der Waals surface area contributed by atoms with Gasteiger partial charge in [-0.15, -0.1) is 0 Å². The fourth-order valence-corrected chi connectivity index (χ4v) is 2.28. The molecular weight excluding hydrogens is 356 g/mol. The van der Waals surface area contributed by atoms with Gasteiger partial charge in [-0.2, -0.15) is 5.10 Å². The maximum absolute atomic E-state index is 12.3. The van der Waals surface area contributed by atoms with Gasteiger partial charge in [-0.3, -0.25) is 14.9 Å². The van der Waals surface area contributed by atoms with Crippen molar-refractivity contribution in [1.82, 2.24) is 20.4 Å². The van der Waals surface area contributed by atoms with Crippen molar-refractivity contribution in [2.75, 3.05) is 19.8 Å². The highest BCUT2D eigenvalue weighted by atomic mass is 16.5. The van der Waals surface area contributed by atoms with Crippen molar-refractivity contribution in [2.45, 2.75) is 19.9 Å². The number of aliphatic hydroxyl groups excluding tert-OH is 1. The fraction of sp³-hybridized carbons (Fsp3) is 0.353. The van der Waals surface area contributed by atoms with Crippen LogP contribution in [0.25, 0.3) is 10.8 Å². The summed E-state index contributed by atoms with van der Waals surface area (Å²) >= 11 is 0. The minimum atomic E-state index is -0.929. The number of esters is 1. The molecule has 0 atom stereocenters. The number of aliphatic hydroxyl groups is 1. The molecule has 0 radical (unpaired) electrons. The number of hydrogen-bond acceptors (Lipinski definition) is 7. The first-order valence-corrected chi connectivity index (χ1v) is 8.33. The molecule has 0 unspecified atom stereocenters. The molecule has 1 heterocycles. The van der Waals surface area contributed by atoms with Gasteiger partial charge in [-0.25, -0.2) is 14.3 Å². The zero-order valence-corrected chi connectivity index (χ0v) is 14.7. The van der Waals surface area contributed by atoms with Crippen LogP contribution in [0.2, 0.25) is 0 Å². The molecule has 27 heavy (non-hydrogen) atoms. The van der Waals surface area contributed by atoms with Gasteiger partial charge in [-0.05, 0) is 12.5 Å². The molecule has 0 aliphatic heterocycles. The molecule has 10 nitrogen and oxygen atoms in total. The van der Waals surface area contributed by atoms with E-state index in [0.29, 0.717) is 13.0 Å². The lowest BCUT2D eigenvalue weighted by Crippen LogP contribution is -2.41. The van der Waals surface area contributed by atoms with Crippen LogP contribution in [0.15, 0.2) is 29.1 Å². The molecule has 0 bridgehead atoms. The van der Waals surface area contributed by atoms with Crippen LogP contribution in [0, 0.1) is 0 Å². The van der Waals surface area contributed by atoms with Gasteiger partial charge in [0.05, 0.1) is 18.5 Å². The fourth-order valence-electron chi connectivity index (χ4n) is 2.28. The van der Waals surface area contributed by atoms with Crippen molar-refractivity contribution in [3.8, 4) is 0 Å². The van der Waals surface area contributed by atoms with Crippen molar-refractivity contribution < 1.29 is 24.2 Å². The summed E-state index contributed by atoms with van der Waals surface area (Å²) in [5.41, 5.74) is -0.622. The SMILES string of the molecule is CCCNC(=O)NC(=O)COC(=O)c1nn(CCO)c(=O)c2ccccc12. The molecule has 0 saturated carbocycles. The number of amides is 3. The highest BCUT2D eigenvalue weighted by Gasteiger charge is 2.19. The molecule has 2 rings (SSSR count). The molecule has 0 aliphatic carbocycles. The smallest absolute Gasteiger partial charge is 0.359 e. The van der Waals surface area contributed by atoms with Gasteiger partial charge in [0.15, 0.2) is 12.3 Å². The van der Waals surface area contributed by atoms with E-state index in [-0.39, 0.29) is 29.6 Å². The second-order valence-electron chi connectivity index (χ2n) is 5.53. The monoisotopic (exact) mass is 376 g/mol. The number of carbonyl (C=O) groups excluding carboxylic acids is 3. The molecule has 1 aromatic heterocycles. The minimum Gasteiger partial charge on any atom is -0.451 e. The second-order valence-corrected chi connectivity index (χ2v) is 5.53. The van der Waals surface area contributed by atoms with Crippen LogP contribution in [0.1, 0.15) is 23.8 Å². The number of nitrogens with zero attached hydrogens (tertiary/aromatic N) is 2. The van der Waals surface area contributed by atoms with Crippen molar-refractivity contribution in [1.29, 1.82) is 0 Å². The van der Waals surface area contributed by atoms with E-state index in [0.717, 1.165) is 4.68 Å². The van der Waals surface area contributed by atoms with E-state index >= 15 is 0 Å². The number of hydrogen-bond donors (Lipinski definition) is 3. The van der Waals surface area contributed by atoms with E-state index in [1.54, 1.807) is 12.1 Å². The Balaban J connectivity index is 2.15. The largest absolute Gasteiger partial charge is 0.451 e. The molecule has 10 heteroatoms. The Bertz CT molecular complexity index is 908. The predicted octanol–water partition coefficient (Wildman–Crippen LogP) is -0.219. The lowest BCUT2D eigenvalue weighted by molar-refractivity contribution is -0.123. The van der Waals surface area contributed by atoms with Crippen LogP contribution >= 0.6 is 0 Å². The number of urea groups is 1. The Labute approximate surface area is 154 Å². The molecule has 0 aliphatic rings. The molecule has 0 saturated heterocycles. The Hall–Kier alpha value is -3.27. The lowest BCUT2D eigenvalue weighted by atomic mass is 10.1. The van der Waals surface area contributed by atoms with E-state index in [4.69, 9.17) is 9.84 Å². The van der Waals surface area contributed by atoms with Crippen molar-refractivity contribution in [3.63, 3.8) is 0 Å². The molecule has 3 amide bonds. The maximum atomic E-state index is 12.3. The number of benzene rings is 1. The van der Waals surface area contributed by atoms with Crippen molar-refractivity contribution in [2.24, 2.45) is 0 Å². The first kappa shape index (κ1) is 20.0. The average Bonchev–Trinajstić information content (AvgIpc) is 2.66. The third-order valence-electron chi connectivity index (χ3n) is 3.50. The van der Waals surface area contributed by atoms with Gasteiger partial charge >= 0.3 is 12.0 Å². The number of fused-ring (bicyclic) bond motifs is 1. The van der Waals surface area contributed by atoms with Crippen LogP contribution in [0.5, 0.6) is 0 Å². The van der Waals surface area contributed by atoms with Crippen LogP contribution in [0.3, 0.4) is 0 Å². The van der Waals surface area contributed by atoms with Crippen LogP contribution in [0.4, 0.5) is 4.79 Å². The summed E-state index contributed by atoms with van der Waals surface area (Å²) in [6.07, 6.45) is 0.707. The number of nitrogens with one attached hydrogen (secondary N) is 2. The van der Waals surface area contributed by atoms with Gasteiger partial charge in [-0.1, -0.05) is 25.1 Å². The Morgan fingerprint density at radius 3 is 2.59 bits per heavy atom. The van der Waals surface area contributed by atoms with Crippen LogP contribution < -0.4 is 16.2 Å². The topological polar surface area (TPSA) is 140 Å². The zero-order chi connectivity index (χ0) is 19.8. The van der Waals surface area contributed by atoms with E-state index in [1.807, 2.05) is 12.2 Å². The number of ether oxygens (including phenoxy) is 1. The third-order valence-corrected chi connectivity index (χ3v) is 3.50. The highest BCUT2D eigenvalue weighted by Crippen LogP contribution is 2.14. The van der Waals surface area contributed by atoms with Gasteiger partial charge in [0.1, 0.15) is 0 Å². The molecule has 144 valence electrons. The van der Waals surface area contributed by atoms with E-state index in [2.05, 4.69) is 10.4 Å². The normalized spacial score (nSPS) is 10.4. The quantitative estimate of drug-likeness (QED) is 0.568. The second kappa shape index (κ2) is 9.43. The summed E-state index contributed by atoms with van der Waals surface area (Å²) in [5, 5.41) is 18.0. The van der Waals surface area contributed by atoms with Crippen molar-refractivity contribution >= 4 is 28.7 Å². The minimum absolute atomic E-state index is 0.0952. The first-order chi connectivity index (χ1) is 13.0. The average molecular weight is 376 g/mol. The zero-order valence-electron chi connectivity index (χ0n) is 14.7. The summed E-state index contributed by atoms with van der Waals surface area (Å²) in [5.74, 6) is -1.73. The van der Waals surface area contributed by atoms with Crippen LogP contribution in [-0.2, 0) is 16.1 Å². The van der Waals surface area contributed by atoms with Crippen LogP contribution in [-0.4, -0.2) is 52.6 Å². The standard InChI is InChI=1S/C17H20N4O6/c1-2-7-18-17(26)19-13(23)10-27-16(25)14-11-5-3-4-6-12(11)15(24)21(20-14)8-9-22/h3-6,22H,2,7-10H2,1H3,(H2,18,19,23,26). The summed E-state index contributed by atoms with van der Waals surface area (Å²) < 4.78 is 5.86. The molecule has 0 spiro atoms. The third kappa shape index (κ3) is 5.11. The van der Waals surface area contributed by atoms with E-state index in [1.165, 1.54) is 12.1 Å². The molecule has 2 aromatic rings. The number of carbonyl (C=O) groups is 3. The number of imide groups is 1. The van der Waals surface area contributed by atoms with Gasteiger partial charge in [0.2, 0.25) is 0 Å². The first-order valence-electron chi connectivity index (χ1n) is 8.33. The van der Waals surface area contributed by atoms with Crippen molar-refractivity contribution in [3.05, 3.63) is 40.3 Å². The molecule has 0 fully saturated rings. The Morgan fingerprint density at radius 1 is 1.22 bits per heavy atom. The molecule has 3 N–H and O–H groups in total. The predicted molar refractivity (Wildman–Crippen MR) is 95.2 cm³/mol. The summed E-state index contributed by atoms with van der Waals surface area (Å²) in [6, 6.07) is 5.63. The van der Waals surface area contributed by atoms with Gasteiger partial charge in [0, 0.05) is 11.9 Å². The molecular formula is C17H20N4O6. The van der Waals surface area contributed by atoms with Gasteiger partial charge in [0.25, 0.3) is 11.5 Å². The highest BCUT2D eigenvalue weighted by molar-refractivity contribution is 6.03. The summed E-state index contributed by atoms with van der Waals surface area (Å²) in [7, 11) is 0. The summed E-state index contributed by atoms with van der Waals surface area (Å²) in [6.45, 7) is 1.14. The molecule has 1 aromatic carbocycles. The van der Waals surface area contributed by atoms with E-state index < -0.39 is 30.1 Å². The van der Waals surface area contributed by atoms with Gasteiger partial charge < -0.3 is 15.2 Å².